The van der Waals surface area contributed by atoms with Crippen LogP contribution in [0.1, 0.15) is 50.9 Å². The lowest BCUT2D eigenvalue weighted by Gasteiger charge is -2.19. The molecule has 1 fully saturated rings. The molecule has 1 aromatic heterocycles. The Morgan fingerprint density at radius 2 is 1.89 bits per heavy atom. The molecule has 28 heavy (non-hydrogen) atoms. The molecule has 1 aliphatic heterocycles. The van der Waals surface area contributed by atoms with Crippen LogP contribution in [0.15, 0.2) is 24.4 Å². The normalized spacial score (nSPS) is 12.8. The first kappa shape index (κ1) is 23.2. The van der Waals surface area contributed by atoms with Gasteiger partial charge in [0.05, 0.1) is 19.8 Å². The molecule has 1 saturated heterocycles. The Labute approximate surface area is 166 Å². The van der Waals surface area contributed by atoms with Crippen molar-refractivity contribution in [1.29, 1.82) is 0 Å². The van der Waals surface area contributed by atoms with Gasteiger partial charge in [-0.2, -0.15) is 0 Å². The number of rotatable bonds is 4. The second kappa shape index (κ2) is 11.1. The molecule has 0 saturated carbocycles. The van der Waals surface area contributed by atoms with Crippen molar-refractivity contribution in [1.82, 2.24) is 9.88 Å². The molecule has 1 aliphatic rings. The van der Waals surface area contributed by atoms with Gasteiger partial charge in [0.1, 0.15) is 5.75 Å². The Hall–Kier alpha value is -2.83. The minimum absolute atomic E-state index is 0.324. The standard InChI is InChI=1S/C12H12N2O3.C7H13NO.C2H6/c1-16-10-6-8-7(5-9(10)11(13)15)3-4-14-12(8)17-2;1-6(2)8-5-3-4-7(8)9;1-2/h3-6H,1-2H3,(H2,13,15);6H,3-5H2,1-2H3;1-2H3. The number of fused-ring (bicyclic) bond motifs is 1. The summed E-state index contributed by atoms with van der Waals surface area (Å²) in [6.07, 6.45) is 3.42. The summed E-state index contributed by atoms with van der Waals surface area (Å²) in [6, 6.07) is 5.55. The second-order valence-electron chi connectivity index (χ2n) is 6.24. The zero-order chi connectivity index (χ0) is 21.3. The van der Waals surface area contributed by atoms with Gasteiger partial charge in [0.15, 0.2) is 0 Å². The molecule has 2 amide bonds. The predicted molar refractivity (Wildman–Crippen MR) is 111 cm³/mol. The number of likely N-dealkylation sites (tertiary alicyclic amines) is 1. The molecule has 0 unspecified atom stereocenters. The van der Waals surface area contributed by atoms with E-state index in [0.717, 1.165) is 30.2 Å². The van der Waals surface area contributed by atoms with Crippen LogP contribution in [0.2, 0.25) is 0 Å². The topological polar surface area (TPSA) is 94.8 Å². The van der Waals surface area contributed by atoms with E-state index in [9.17, 15) is 9.59 Å². The number of nitrogens with two attached hydrogens (primary N) is 1. The Bertz CT molecular complexity index is 806. The van der Waals surface area contributed by atoms with E-state index in [2.05, 4.69) is 18.8 Å². The van der Waals surface area contributed by atoms with Crippen LogP contribution in [0, 0.1) is 0 Å². The molecule has 0 spiro atoms. The molecule has 0 aliphatic carbocycles. The first-order chi connectivity index (χ1) is 13.4. The summed E-state index contributed by atoms with van der Waals surface area (Å²) in [5.74, 6) is 0.692. The van der Waals surface area contributed by atoms with Gasteiger partial charge in [0, 0.05) is 30.6 Å². The number of aromatic nitrogens is 1. The fraction of sp³-hybridized carbons (Fsp3) is 0.476. The van der Waals surface area contributed by atoms with Crippen LogP contribution in [-0.4, -0.2) is 48.5 Å². The van der Waals surface area contributed by atoms with Crippen LogP contribution in [-0.2, 0) is 4.79 Å². The number of hydrogen-bond donors (Lipinski definition) is 1. The summed E-state index contributed by atoms with van der Waals surface area (Å²) in [5, 5.41) is 1.60. The van der Waals surface area contributed by atoms with Crippen molar-refractivity contribution in [2.45, 2.75) is 46.6 Å². The smallest absolute Gasteiger partial charge is 0.252 e. The molecule has 2 aromatic rings. The van der Waals surface area contributed by atoms with Crippen molar-refractivity contribution >= 4 is 22.6 Å². The molecule has 2 N–H and O–H groups in total. The Morgan fingerprint density at radius 1 is 1.21 bits per heavy atom. The van der Waals surface area contributed by atoms with E-state index < -0.39 is 5.91 Å². The van der Waals surface area contributed by atoms with Gasteiger partial charge in [-0.3, -0.25) is 9.59 Å². The Balaban J connectivity index is 0.000000301. The summed E-state index contributed by atoms with van der Waals surface area (Å²) in [5.41, 5.74) is 5.63. The highest BCUT2D eigenvalue weighted by Crippen LogP contribution is 2.30. The summed E-state index contributed by atoms with van der Waals surface area (Å²) < 4.78 is 10.3. The zero-order valence-electron chi connectivity index (χ0n) is 17.6. The maximum atomic E-state index is 11.3. The van der Waals surface area contributed by atoms with E-state index in [1.165, 1.54) is 14.2 Å². The third-order valence-corrected chi connectivity index (χ3v) is 4.24. The van der Waals surface area contributed by atoms with Gasteiger partial charge < -0.3 is 20.1 Å². The molecular weight excluding hydrogens is 358 g/mol. The fourth-order valence-electron chi connectivity index (χ4n) is 2.91. The summed E-state index contributed by atoms with van der Waals surface area (Å²) in [4.78, 5) is 28.2. The molecule has 2 heterocycles. The minimum atomic E-state index is -0.528. The number of benzene rings is 1. The van der Waals surface area contributed by atoms with Crippen molar-refractivity contribution in [3.63, 3.8) is 0 Å². The Morgan fingerprint density at radius 3 is 2.32 bits per heavy atom. The molecule has 7 heteroatoms. The second-order valence-corrected chi connectivity index (χ2v) is 6.24. The van der Waals surface area contributed by atoms with Gasteiger partial charge in [-0.15, -0.1) is 0 Å². The SMILES string of the molecule is CC.CC(C)N1CCCC1=O.COc1cc2c(OC)nccc2cc1C(N)=O. The third-order valence-electron chi connectivity index (χ3n) is 4.24. The minimum Gasteiger partial charge on any atom is -0.496 e. The van der Waals surface area contributed by atoms with Crippen LogP contribution in [0.3, 0.4) is 0 Å². The van der Waals surface area contributed by atoms with E-state index in [0.29, 0.717) is 29.1 Å². The number of nitrogens with zero attached hydrogens (tertiary/aromatic N) is 2. The number of hydrogen-bond acceptors (Lipinski definition) is 5. The first-order valence-corrected chi connectivity index (χ1v) is 9.49. The zero-order valence-corrected chi connectivity index (χ0v) is 17.6. The largest absolute Gasteiger partial charge is 0.496 e. The Kier molecular flexibility index (Phi) is 9.21. The van der Waals surface area contributed by atoms with Gasteiger partial charge in [-0.1, -0.05) is 13.8 Å². The summed E-state index contributed by atoms with van der Waals surface area (Å²) in [6.45, 7) is 9.09. The van der Waals surface area contributed by atoms with Crippen molar-refractivity contribution in [2.24, 2.45) is 5.73 Å². The molecular formula is C21H31N3O4. The van der Waals surface area contributed by atoms with Crippen molar-refractivity contribution in [3.8, 4) is 11.6 Å². The van der Waals surface area contributed by atoms with Gasteiger partial charge >= 0.3 is 0 Å². The van der Waals surface area contributed by atoms with E-state index >= 15 is 0 Å². The summed E-state index contributed by atoms with van der Waals surface area (Å²) >= 11 is 0. The number of ether oxygens (including phenoxy) is 2. The number of carbonyl (C=O) groups excluding carboxylic acids is 2. The lowest BCUT2D eigenvalue weighted by molar-refractivity contribution is -0.129. The molecule has 1 aromatic carbocycles. The van der Waals surface area contributed by atoms with Crippen molar-refractivity contribution in [3.05, 3.63) is 30.0 Å². The molecule has 3 rings (SSSR count). The van der Waals surface area contributed by atoms with Crippen molar-refractivity contribution in [2.75, 3.05) is 20.8 Å². The lowest BCUT2D eigenvalue weighted by atomic mass is 10.1. The van der Waals surface area contributed by atoms with Crippen LogP contribution in [0.5, 0.6) is 11.6 Å². The van der Waals surface area contributed by atoms with Gasteiger partial charge in [-0.05, 0) is 43.9 Å². The van der Waals surface area contributed by atoms with Gasteiger partial charge in [0.25, 0.3) is 5.91 Å². The lowest BCUT2D eigenvalue weighted by Crippen LogP contribution is -2.31. The monoisotopic (exact) mass is 389 g/mol. The maximum absolute atomic E-state index is 11.3. The van der Waals surface area contributed by atoms with Gasteiger partial charge in [-0.25, -0.2) is 4.98 Å². The quantitative estimate of drug-likeness (QED) is 0.865. The van der Waals surface area contributed by atoms with Crippen molar-refractivity contribution < 1.29 is 19.1 Å². The van der Waals surface area contributed by atoms with Gasteiger partial charge in [0.2, 0.25) is 11.8 Å². The highest BCUT2D eigenvalue weighted by molar-refractivity contribution is 6.01. The fourth-order valence-corrected chi connectivity index (χ4v) is 2.91. The van der Waals surface area contributed by atoms with E-state index in [4.69, 9.17) is 15.2 Å². The van der Waals surface area contributed by atoms with Crippen LogP contribution >= 0.6 is 0 Å². The van der Waals surface area contributed by atoms with Crippen LogP contribution in [0.4, 0.5) is 0 Å². The van der Waals surface area contributed by atoms with E-state index in [-0.39, 0.29) is 0 Å². The molecule has 0 atom stereocenters. The third kappa shape index (κ3) is 5.58. The number of carbonyl (C=O) groups is 2. The average molecular weight is 389 g/mol. The molecule has 0 bridgehead atoms. The average Bonchev–Trinajstić information content (AvgIpc) is 3.14. The van der Waals surface area contributed by atoms with Crippen LogP contribution in [0.25, 0.3) is 10.8 Å². The molecule has 7 nitrogen and oxygen atoms in total. The first-order valence-electron chi connectivity index (χ1n) is 9.49. The molecule has 154 valence electrons. The number of amides is 2. The van der Waals surface area contributed by atoms with E-state index in [1.807, 2.05) is 18.7 Å². The summed E-state index contributed by atoms with van der Waals surface area (Å²) in [7, 11) is 3.02. The maximum Gasteiger partial charge on any atom is 0.252 e. The highest BCUT2D eigenvalue weighted by atomic mass is 16.5. The highest BCUT2D eigenvalue weighted by Gasteiger charge is 2.21. The number of methoxy groups -OCH3 is 2. The van der Waals surface area contributed by atoms with Crippen LogP contribution < -0.4 is 15.2 Å². The number of pyridine rings is 1. The van der Waals surface area contributed by atoms with E-state index in [1.54, 1.807) is 24.4 Å². The number of primary amides is 1. The molecule has 0 radical (unpaired) electrons. The predicted octanol–water partition coefficient (Wildman–Crippen LogP) is 3.39.